The van der Waals surface area contributed by atoms with Crippen molar-refractivity contribution in [2.75, 3.05) is 26.7 Å². The van der Waals surface area contributed by atoms with Crippen molar-refractivity contribution in [2.24, 2.45) is 11.3 Å². The zero-order chi connectivity index (χ0) is 19.7. The minimum atomic E-state index is 0.347. The van der Waals surface area contributed by atoms with E-state index in [1.807, 2.05) is 11.8 Å². The maximum atomic E-state index is 9.50. The Morgan fingerprint density at radius 1 is 1.18 bits per heavy atom. The molecule has 0 bridgehead atoms. The van der Waals surface area contributed by atoms with Gasteiger partial charge in [0.1, 0.15) is 11.5 Å². The summed E-state index contributed by atoms with van der Waals surface area (Å²) in [5.41, 5.74) is 1.76. The van der Waals surface area contributed by atoms with E-state index in [4.69, 9.17) is 4.74 Å². The largest absolute Gasteiger partial charge is 0.508 e. The Labute approximate surface area is 173 Å². The molecule has 1 saturated heterocycles. The first kappa shape index (κ1) is 19.7. The zero-order valence-electron chi connectivity index (χ0n) is 17.1. The van der Waals surface area contributed by atoms with Gasteiger partial charge in [-0.05, 0) is 72.1 Å². The number of nitrogens with zero attached hydrogens (tertiary/aromatic N) is 1. The third-order valence-corrected chi connectivity index (χ3v) is 7.88. The summed E-state index contributed by atoms with van der Waals surface area (Å²) in [5.74, 6) is 2.57. The molecule has 1 saturated carbocycles. The molecule has 1 N–H and O–H groups in total. The van der Waals surface area contributed by atoms with Gasteiger partial charge in [-0.15, -0.1) is 11.8 Å². The molecule has 2 fully saturated rings. The molecule has 4 rings (SSSR count). The summed E-state index contributed by atoms with van der Waals surface area (Å²) in [4.78, 5) is 4.02. The van der Waals surface area contributed by atoms with Crippen molar-refractivity contribution >= 4 is 11.8 Å². The Morgan fingerprint density at radius 2 is 1.89 bits per heavy atom. The van der Waals surface area contributed by atoms with E-state index >= 15 is 0 Å². The van der Waals surface area contributed by atoms with E-state index in [0.717, 1.165) is 23.5 Å². The van der Waals surface area contributed by atoms with Crippen LogP contribution in [0.15, 0.2) is 53.4 Å². The second-order valence-electron chi connectivity index (χ2n) is 8.89. The molecule has 0 radical (unpaired) electrons. The molecule has 4 atom stereocenters. The number of hydrogen-bond acceptors (Lipinski definition) is 4. The quantitative estimate of drug-likeness (QED) is 0.708. The number of hydrogen-bond donors (Lipinski definition) is 1. The Bertz CT molecular complexity index is 791. The summed E-state index contributed by atoms with van der Waals surface area (Å²) >= 11 is 2.04. The van der Waals surface area contributed by atoms with Gasteiger partial charge in [-0.25, -0.2) is 0 Å². The van der Waals surface area contributed by atoms with Crippen LogP contribution in [-0.4, -0.2) is 42.0 Å². The van der Waals surface area contributed by atoms with Crippen molar-refractivity contribution in [3.63, 3.8) is 0 Å². The molecule has 0 aromatic heterocycles. The number of thioether (sulfide) groups is 1. The number of likely N-dealkylation sites (tertiary alicyclic amines) is 1. The van der Waals surface area contributed by atoms with Gasteiger partial charge in [-0.3, -0.25) is 0 Å². The number of methoxy groups -OCH3 is 1. The van der Waals surface area contributed by atoms with Gasteiger partial charge in [0.2, 0.25) is 0 Å². The normalized spacial score (nSPS) is 28.2. The predicted octanol–water partition coefficient (Wildman–Crippen LogP) is 5.40. The highest BCUT2D eigenvalue weighted by Gasteiger charge is 2.49. The van der Waals surface area contributed by atoms with Crippen LogP contribution in [0.1, 0.15) is 38.2 Å². The first-order valence-corrected chi connectivity index (χ1v) is 11.1. The second kappa shape index (κ2) is 8.00. The van der Waals surface area contributed by atoms with Crippen LogP contribution < -0.4 is 4.74 Å². The number of benzene rings is 2. The van der Waals surface area contributed by atoms with Crippen LogP contribution in [0.3, 0.4) is 0 Å². The first-order chi connectivity index (χ1) is 13.4. The third-order valence-electron chi connectivity index (χ3n) is 6.65. The summed E-state index contributed by atoms with van der Waals surface area (Å²) in [6, 6.07) is 16.2. The van der Waals surface area contributed by atoms with Gasteiger partial charge < -0.3 is 14.7 Å². The lowest BCUT2D eigenvalue weighted by Gasteiger charge is -2.26. The van der Waals surface area contributed by atoms with Crippen molar-refractivity contribution in [3.05, 3.63) is 54.1 Å². The summed E-state index contributed by atoms with van der Waals surface area (Å²) in [6.45, 7) is 8.33. The molecule has 1 unspecified atom stereocenters. The topological polar surface area (TPSA) is 32.7 Å². The number of fused-ring (bicyclic) bond motifs is 1. The van der Waals surface area contributed by atoms with Crippen LogP contribution in [0.2, 0.25) is 0 Å². The lowest BCUT2D eigenvalue weighted by molar-refractivity contribution is 0.259. The second-order valence-corrected chi connectivity index (χ2v) is 10.3. The van der Waals surface area contributed by atoms with Gasteiger partial charge in [-0.2, -0.15) is 0 Å². The van der Waals surface area contributed by atoms with Crippen molar-refractivity contribution < 1.29 is 9.84 Å². The zero-order valence-corrected chi connectivity index (χ0v) is 17.9. The summed E-state index contributed by atoms with van der Waals surface area (Å²) in [5, 5.41) is 10.2. The molecule has 1 aliphatic carbocycles. The van der Waals surface area contributed by atoms with Crippen LogP contribution in [0, 0.1) is 11.3 Å². The molecular formula is C24H31NO2S. The Kier molecular flexibility index (Phi) is 5.62. The molecule has 1 aliphatic heterocycles. The molecule has 2 aromatic rings. The molecule has 1 heterocycles. The SMILES string of the molecule is COc1ccc(S[C@H]2C[C@@H]3CN(CC(C)c4ccc(O)cc4)C[C@]3(C)C2)cc1. The Morgan fingerprint density at radius 3 is 2.54 bits per heavy atom. The Balaban J connectivity index is 1.32. The van der Waals surface area contributed by atoms with Crippen molar-refractivity contribution in [2.45, 2.75) is 42.8 Å². The highest BCUT2D eigenvalue weighted by atomic mass is 32.2. The number of phenols is 1. The molecule has 4 heteroatoms. The molecule has 2 aliphatic rings. The number of rotatable bonds is 6. The molecule has 150 valence electrons. The van der Waals surface area contributed by atoms with Gasteiger partial charge in [0, 0.05) is 29.8 Å². The number of ether oxygens (including phenoxy) is 1. The molecule has 2 aromatic carbocycles. The van der Waals surface area contributed by atoms with Gasteiger partial charge in [-0.1, -0.05) is 26.0 Å². The van der Waals surface area contributed by atoms with E-state index in [0.29, 0.717) is 17.1 Å². The van der Waals surface area contributed by atoms with Gasteiger partial charge in [0.15, 0.2) is 0 Å². The minimum absolute atomic E-state index is 0.347. The summed E-state index contributed by atoms with van der Waals surface area (Å²) in [7, 11) is 1.72. The highest BCUT2D eigenvalue weighted by Crippen LogP contribution is 2.53. The van der Waals surface area contributed by atoms with E-state index < -0.39 is 0 Å². The number of aromatic hydroxyl groups is 1. The van der Waals surface area contributed by atoms with E-state index in [1.165, 1.54) is 36.4 Å². The van der Waals surface area contributed by atoms with E-state index in [2.05, 4.69) is 55.1 Å². The standard InChI is InChI=1S/C24H31NO2S/c1-17(18-4-6-20(26)7-5-18)14-25-15-19-12-23(13-24(19,2)16-25)28-22-10-8-21(27-3)9-11-22/h4-11,17,19,23,26H,12-16H2,1-3H3/t17?,19-,23+,24+/m1/s1. The average molecular weight is 398 g/mol. The predicted molar refractivity (Wildman–Crippen MR) is 116 cm³/mol. The monoisotopic (exact) mass is 397 g/mol. The van der Waals surface area contributed by atoms with Gasteiger partial charge in [0.25, 0.3) is 0 Å². The van der Waals surface area contributed by atoms with Crippen molar-refractivity contribution in [3.8, 4) is 11.5 Å². The fraction of sp³-hybridized carbons (Fsp3) is 0.500. The van der Waals surface area contributed by atoms with Crippen LogP contribution in [0.5, 0.6) is 11.5 Å². The summed E-state index contributed by atoms with van der Waals surface area (Å²) in [6.07, 6.45) is 2.62. The molecule has 0 amide bonds. The molecule has 28 heavy (non-hydrogen) atoms. The molecule has 3 nitrogen and oxygen atoms in total. The van der Waals surface area contributed by atoms with Crippen LogP contribution >= 0.6 is 11.8 Å². The fourth-order valence-corrected chi connectivity index (χ4v) is 6.59. The summed E-state index contributed by atoms with van der Waals surface area (Å²) < 4.78 is 5.27. The van der Waals surface area contributed by atoms with Crippen molar-refractivity contribution in [1.82, 2.24) is 4.90 Å². The minimum Gasteiger partial charge on any atom is -0.508 e. The number of phenolic OH excluding ortho intramolecular Hbond substituents is 1. The van der Waals surface area contributed by atoms with E-state index in [9.17, 15) is 5.11 Å². The fourth-order valence-electron chi connectivity index (χ4n) is 5.12. The Hall–Kier alpha value is -1.65. The van der Waals surface area contributed by atoms with E-state index in [-0.39, 0.29) is 0 Å². The maximum absolute atomic E-state index is 9.50. The third kappa shape index (κ3) is 4.18. The van der Waals surface area contributed by atoms with E-state index in [1.54, 1.807) is 19.2 Å². The smallest absolute Gasteiger partial charge is 0.118 e. The lowest BCUT2D eigenvalue weighted by Crippen LogP contribution is -2.29. The van der Waals surface area contributed by atoms with Crippen LogP contribution in [0.4, 0.5) is 0 Å². The lowest BCUT2D eigenvalue weighted by atomic mass is 9.83. The van der Waals surface area contributed by atoms with Crippen LogP contribution in [-0.2, 0) is 0 Å². The molecule has 0 spiro atoms. The highest BCUT2D eigenvalue weighted by molar-refractivity contribution is 8.00. The average Bonchev–Trinajstić information content (AvgIpc) is 3.13. The van der Waals surface area contributed by atoms with Crippen LogP contribution in [0.25, 0.3) is 0 Å². The maximum Gasteiger partial charge on any atom is 0.118 e. The first-order valence-electron chi connectivity index (χ1n) is 10.3. The van der Waals surface area contributed by atoms with Gasteiger partial charge in [0.05, 0.1) is 7.11 Å². The molecular weight excluding hydrogens is 366 g/mol. The van der Waals surface area contributed by atoms with Crippen molar-refractivity contribution in [1.29, 1.82) is 0 Å². The van der Waals surface area contributed by atoms with Gasteiger partial charge >= 0.3 is 0 Å².